The van der Waals surface area contributed by atoms with Crippen LogP contribution in [0, 0.1) is 13.8 Å². The van der Waals surface area contributed by atoms with Crippen molar-refractivity contribution < 1.29 is 34.8 Å². The van der Waals surface area contributed by atoms with Crippen molar-refractivity contribution in [3.63, 3.8) is 0 Å². The van der Waals surface area contributed by atoms with Crippen LogP contribution < -0.4 is 0 Å². The van der Waals surface area contributed by atoms with E-state index in [2.05, 4.69) is 9.97 Å². The maximum absolute atomic E-state index is 12.6. The van der Waals surface area contributed by atoms with E-state index >= 15 is 0 Å². The Labute approximate surface area is 218 Å². The number of benzene rings is 3. The maximum Gasteiger partial charge on any atom is 0.296 e. The van der Waals surface area contributed by atoms with E-state index in [4.69, 9.17) is 8.83 Å². The van der Waals surface area contributed by atoms with Gasteiger partial charge in [0.1, 0.15) is 9.79 Å². The summed E-state index contributed by atoms with van der Waals surface area (Å²) in [6.45, 7) is 3.49. The zero-order valence-corrected chi connectivity index (χ0v) is 21.6. The Morgan fingerprint density at radius 2 is 1.26 bits per heavy atom. The predicted octanol–water partition coefficient (Wildman–Crippen LogP) is 5.44. The van der Waals surface area contributed by atoms with E-state index in [1.165, 1.54) is 18.3 Å². The number of aryl methyl sites for hydroxylation is 2. The molecule has 0 saturated heterocycles. The Kier molecular flexibility index (Phi) is 6.27. The highest BCUT2D eigenvalue weighted by Crippen LogP contribution is 2.41. The van der Waals surface area contributed by atoms with Crippen LogP contribution in [0.5, 0.6) is 0 Å². The van der Waals surface area contributed by atoms with Crippen molar-refractivity contribution in [2.24, 2.45) is 0 Å². The van der Waals surface area contributed by atoms with E-state index in [9.17, 15) is 25.9 Å². The fourth-order valence-electron chi connectivity index (χ4n) is 4.14. The molecule has 2 N–H and O–H groups in total. The summed E-state index contributed by atoms with van der Waals surface area (Å²) in [5, 5.41) is 0. The van der Waals surface area contributed by atoms with E-state index in [1.54, 1.807) is 49.4 Å². The van der Waals surface area contributed by atoms with Crippen LogP contribution in [0.4, 0.5) is 0 Å². The van der Waals surface area contributed by atoms with Crippen molar-refractivity contribution in [2.45, 2.75) is 23.6 Å². The van der Waals surface area contributed by atoms with Crippen molar-refractivity contribution in [3.8, 4) is 45.6 Å². The molecule has 5 aromatic rings. The lowest BCUT2D eigenvalue weighted by atomic mass is 10.1. The molecule has 38 heavy (non-hydrogen) atoms. The van der Waals surface area contributed by atoms with Gasteiger partial charge in [-0.05, 0) is 31.5 Å². The second kappa shape index (κ2) is 9.33. The van der Waals surface area contributed by atoms with Crippen LogP contribution in [0.3, 0.4) is 0 Å². The number of nitrogens with zero attached hydrogens (tertiary/aromatic N) is 2. The van der Waals surface area contributed by atoms with Crippen LogP contribution in [0.2, 0.25) is 0 Å². The normalized spacial score (nSPS) is 12.1. The molecule has 10 nitrogen and oxygen atoms in total. The SMILES string of the molecule is Cc1ccccc1-c1oc(-c2ccc(-c3ncc(-c4ccccc4)o3)c(S(=O)(=O)O)c2S(=O)(=O)O)nc1C. The molecule has 0 amide bonds. The lowest BCUT2D eigenvalue weighted by Gasteiger charge is -2.12. The number of aromatic nitrogens is 2. The maximum atomic E-state index is 12.6. The molecular weight excluding hydrogens is 532 g/mol. The van der Waals surface area contributed by atoms with Gasteiger partial charge in [-0.3, -0.25) is 9.11 Å². The highest BCUT2D eigenvalue weighted by atomic mass is 32.2. The standard InChI is InChI=1S/C26H20N2O8S2/c1-15-8-6-7-11-18(15)22-16(2)28-26(36-22)20-13-12-19(23(37(29,30)31)24(20)38(32,33)34)25-27-14-21(35-25)17-9-4-3-5-10-17/h3-14H,1-2H3,(H,29,30,31)(H,32,33,34). The molecular formula is C26H20N2O8S2. The third-order valence-corrected chi connectivity index (χ3v) is 7.85. The van der Waals surface area contributed by atoms with Gasteiger partial charge < -0.3 is 8.83 Å². The minimum absolute atomic E-state index is 0.269. The molecule has 0 fully saturated rings. The summed E-state index contributed by atoms with van der Waals surface area (Å²) in [5.41, 5.74) is 1.83. The first-order valence-electron chi connectivity index (χ1n) is 11.1. The molecule has 0 saturated carbocycles. The van der Waals surface area contributed by atoms with Crippen molar-refractivity contribution >= 4 is 20.2 Å². The molecule has 194 valence electrons. The highest BCUT2D eigenvalue weighted by Gasteiger charge is 2.35. The van der Waals surface area contributed by atoms with Crippen LogP contribution in [-0.4, -0.2) is 35.9 Å². The van der Waals surface area contributed by atoms with Gasteiger partial charge in [0.25, 0.3) is 20.2 Å². The second-order valence-electron chi connectivity index (χ2n) is 8.41. The molecule has 2 aromatic heterocycles. The van der Waals surface area contributed by atoms with Gasteiger partial charge in [0.2, 0.25) is 11.8 Å². The van der Waals surface area contributed by atoms with Gasteiger partial charge in [0, 0.05) is 11.1 Å². The largest absolute Gasteiger partial charge is 0.436 e. The number of hydrogen-bond acceptors (Lipinski definition) is 8. The van der Waals surface area contributed by atoms with Gasteiger partial charge in [-0.2, -0.15) is 16.8 Å². The first-order valence-corrected chi connectivity index (χ1v) is 14.0. The Hall–Kier alpha value is -4.10. The molecule has 0 unspecified atom stereocenters. The van der Waals surface area contributed by atoms with Crippen molar-refractivity contribution in [3.05, 3.63) is 84.2 Å². The van der Waals surface area contributed by atoms with Crippen LogP contribution in [0.25, 0.3) is 45.6 Å². The lowest BCUT2D eigenvalue weighted by molar-refractivity contribution is 0.466. The Morgan fingerprint density at radius 3 is 1.87 bits per heavy atom. The summed E-state index contributed by atoms with van der Waals surface area (Å²) in [6, 6.07) is 18.4. The molecule has 12 heteroatoms. The summed E-state index contributed by atoms with van der Waals surface area (Å²) in [6.07, 6.45) is 1.32. The summed E-state index contributed by atoms with van der Waals surface area (Å²) < 4.78 is 82.1. The monoisotopic (exact) mass is 552 g/mol. The fourth-order valence-corrected chi connectivity index (χ4v) is 6.32. The van der Waals surface area contributed by atoms with E-state index in [1.807, 2.05) is 19.1 Å². The van der Waals surface area contributed by atoms with E-state index in [0.717, 1.165) is 5.56 Å². The Bertz CT molecular complexity index is 1890. The summed E-state index contributed by atoms with van der Waals surface area (Å²) >= 11 is 0. The number of oxazole rings is 2. The average molecular weight is 553 g/mol. The molecule has 0 atom stereocenters. The zero-order valence-electron chi connectivity index (χ0n) is 20.0. The van der Waals surface area contributed by atoms with Crippen molar-refractivity contribution in [2.75, 3.05) is 0 Å². The Morgan fingerprint density at radius 1 is 0.684 bits per heavy atom. The molecule has 0 aliphatic heterocycles. The minimum atomic E-state index is -5.26. The lowest BCUT2D eigenvalue weighted by Crippen LogP contribution is -2.12. The summed E-state index contributed by atoms with van der Waals surface area (Å²) in [5.74, 6) is 0.0296. The quantitative estimate of drug-likeness (QED) is 0.259. The molecule has 0 spiro atoms. The average Bonchev–Trinajstić information content (AvgIpc) is 3.50. The van der Waals surface area contributed by atoms with Crippen LogP contribution in [-0.2, 0) is 20.2 Å². The number of hydrogen-bond donors (Lipinski definition) is 2. The third-order valence-electron chi connectivity index (χ3n) is 5.84. The minimum Gasteiger partial charge on any atom is -0.436 e. The molecule has 0 bridgehead atoms. The molecule has 0 radical (unpaired) electrons. The van der Waals surface area contributed by atoms with Gasteiger partial charge in [0.15, 0.2) is 11.5 Å². The summed E-state index contributed by atoms with van der Waals surface area (Å²) in [7, 11) is -10.5. The number of rotatable bonds is 6. The Balaban J connectivity index is 1.75. The first kappa shape index (κ1) is 25.5. The van der Waals surface area contributed by atoms with E-state index in [0.29, 0.717) is 22.6 Å². The van der Waals surface area contributed by atoms with Gasteiger partial charge in [0.05, 0.1) is 23.0 Å². The van der Waals surface area contributed by atoms with Crippen LogP contribution >= 0.6 is 0 Å². The molecule has 0 aliphatic carbocycles. The molecule has 5 rings (SSSR count). The second-order valence-corrected chi connectivity index (χ2v) is 11.1. The van der Waals surface area contributed by atoms with Gasteiger partial charge >= 0.3 is 0 Å². The third kappa shape index (κ3) is 4.65. The van der Waals surface area contributed by atoms with E-state index < -0.39 is 30.0 Å². The fraction of sp³-hybridized carbons (Fsp3) is 0.0769. The van der Waals surface area contributed by atoms with Crippen LogP contribution in [0.1, 0.15) is 11.3 Å². The first-order chi connectivity index (χ1) is 17.9. The van der Waals surface area contributed by atoms with Crippen LogP contribution in [0.15, 0.2) is 91.6 Å². The van der Waals surface area contributed by atoms with Gasteiger partial charge in [-0.15, -0.1) is 0 Å². The highest BCUT2D eigenvalue weighted by molar-refractivity contribution is 7.89. The summed E-state index contributed by atoms with van der Waals surface area (Å²) in [4.78, 5) is 6.12. The van der Waals surface area contributed by atoms with Gasteiger partial charge in [-0.1, -0.05) is 54.6 Å². The molecule has 3 aromatic carbocycles. The smallest absolute Gasteiger partial charge is 0.296 e. The van der Waals surface area contributed by atoms with Crippen molar-refractivity contribution in [1.82, 2.24) is 9.97 Å². The zero-order chi connectivity index (χ0) is 27.2. The molecule has 0 aliphatic rings. The predicted molar refractivity (Wildman–Crippen MR) is 137 cm³/mol. The van der Waals surface area contributed by atoms with Gasteiger partial charge in [-0.25, -0.2) is 9.97 Å². The van der Waals surface area contributed by atoms with E-state index in [-0.39, 0.29) is 28.7 Å². The molecule has 2 heterocycles. The van der Waals surface area contributed by atoms with Crippen molar-refractivity contribution in [1.29, 1.82) is 0 Å². The topological polar surface area (TPSA) is 161 Å².